The standard InChI is InChI=1S/C30H31.3ClH.Ti/c1-20-10-7-13-26(16-20)30(27-14-8-11-21(2)17-27,28-15-9-12-22(3)18-28)29-24(5)19-23(4)25(29)6;;;;/h7-19H,1-6H3;3*1H;/q-1;;;;+4/p-3. The number of hydrogen-bond acceptors (Lipinski definition) is 0. The SMILES string of the molecule is Cc1cccc(C(c2cccc(C)c2)(c2cccc(C)c2)[c-]2c(C)cc(C)c2C)c1.[Cl-].[Cl-].[Cl-].[Ti+4]. The van der Waals surface area contributed by atoms with Gasteiger partial charge < -0.3 is 37.2 Å². The maximum atomic E-state index is 2.37. The molecule has 0 radical (unpaired) electrons. The third-order valence-electron chi connectivity index (χ3n) is 6.52. The summed E-state index contributed by atoms with van der Waals surface area (Å²) in [5.41, 5.74) is 13.0. The van der Waals surface area contributed by atoms with Gasteiger partial charge in [0.1, 0.15) is 0 Å². The molecule has 0 fully saturated rings. The zero-order valence-electron chi connectivity index (χ0n) is 20.6. The van der Waals surface area contributed by atoms with E-state index in [1.807, 2.05) is 0 Å². The molecule has 0 bridgehead atoms. The van der Waals surface area contributed by atoms with Crippen LogP contribution in [0.5, 0.6) is 0 Å². The molecular weight excluding hydrogens is 515 g/mol. The Morgan fingerprint density at radius 1 is 0.529 bits per heavy atom. The van der Waals surface area contributed by atoms with Crippen molar-refractivity contribution in [1.82, 2.24) is 0 Å². The summed E-state index contributed by atoms with van der Waals surface area (Å²) in [6.45, 7) is 13.4. The summed E-state index contributed by atoms with van der Waals surface area (Å²) in [4.78, 5) is 0. The van der Waals surface area contributed by atoms with Crippen molar-refractivity contribution in [2.24, 2.45) is 0 Å². The van der Waals surface area contributed by atoms with Gasteiger partial charge in [0.15, 0.2) is 0 Å². The van der Waals surface area contributed by atoms with Crippen molar-refractivity contribution >= 4 is 0 Å². The number of aryl methyl sites for hydroxylation is 5. The molecule has 176 valence electrons. The summed E-state index contributed by atoms with van der Waals surface area (Å²) in [5.74, 6) is 0. The number of benzene rings is 3. The van der Waals surface area contributed by atoms with E-state index in [0.717, 1.165) is 0 Å². The fraction of sp³-hybridized carbons (Fsp3) is 0.233. The average molecular weight is 546 g/mol. The van der Waals surface area contributed by atoms with Crippen molar-refractivity contribution in [3.05, 3.63) is 134 Å². The molecule has 0 nitrogen and oxygen atoms in total. The minimum absolute atomic E-state index is 0. The molecule has 4 aromatic rings. The molecule has 4 aromatic carbocycles. The molecule has 0 aliphatic heterocycles. The van der Waals surface area contributed by atoms with E-state index in [1.54, 1.807) is 0 Å². The second-order valence-corrected chi connectivity index (χ2v) is 8.87. The molecule has 0 atom stereocenters. The maximum Gasteiger partial charge on any atom is 4.00 e. The third kappa shape index (κ3) is 5.69. The predicted octanol–water partition coefficient (Wildman–Crippen LogP) is -1.35. The van der Waals surface area contributed by atoms with Gasteiger partial charge in [-0.05, 0) is 37.5 Å². The van der Waals surface area contributed by atoms with Crippen LogP contribution >= 0.6 is 0 Å². The maximum absolute atomic E-state index is 2.37. The van der Waals surface area contributed by atoms with Crippen LogP contribution in [0.25, 0.3) is 0 Å². The van der Waals surface area contributed by atoms with Crippen LogP contribution in [0.2, 0.25) is 0 Å². The van der Waals surface area contributed by atoms with Crippen LogP contribution in [0.15, 0.2) is 78.9 Å². The monoisotopic (exact) mass is 544 g/mol. The summed E-state index contributed by atoms with van der Waals surface area (Å²) >= 11 is 0. The number of hydrogen-bond donors (Lipinski definition) is 0. The molecule has 34 heavy (non-hydrogen) atoms. The molecule has 0 aromatic heterocycles. The van der Waals surface area contributed by atoms with Gasteiger partial charge in [-0.2, -0.15) is 16.7 Å². The second-order valence-electron chi connectivity index (χ2n) is 8.87. The van der Waals surface area contributed by atoms with E-state index in [-0.39, 0.29) is 64.4 Å². The zero-order valence-corrected chi connectivity index (χ0v) is 24.5. The number of rotatable bonds is 4. The molecule has 0 N–H and O–H groups in total. The van der Waals surface area contributed by atoms with Crippen LogP contribution in [-0.2, 0) is 27.1 Å². The van der Waals surface area contributed by atoms with E-state index in [9.17, 15) is 0 Å². The first-order valence-electron chi connectivity index (χ1n) is 10.8. The van der Waals surface area contributed by atoms with Gasteiger partial charge in [-0.1, -0.05) is 110 Å². The van der Waals surface area contributed by atoms with E-state index in [1.165, 1.54) is 55.6 Å². The van der Waals surface area contributed by atoms with Crippen molar-refractivity contribution < 1.29 is 58.9 Å². The van der Waals surface area contributed by atoms with E-state index in [4.69, 9.17) is 0 Å². The van der Waals surface area contributed by atoms with Gasteiger partial charge in [0, 0.05) is 5.41 Å². The average Bonchev–Trinajstić information content (AvgIpc) is 2.96. The Morgan fingerprint density at radius 2 is 0.882 bits per heavy atom. The fourth-order valence-electron chi connectivity index (χ4n) is 5.14. The van der Waals surface area contributed by atoms with E-state index < -0.39 is 0 Å². The molecule has 0 aliphatic rings. The van der Waals surface area contributed by atoms with Crippen molar-refractivity contribution in [2.45, 2.75) is 47.0 Å². The third-order valence-corrected chi connectivity index (χ3v) is 6.52. The Balaban J connectivity index is 0.00000272. The van der Waals surface area contributed by atoms with Crippen LogP contribution in [0.1, 0.15) is 55.6 Å². The first-order valence-corrected chi connectivity index (χ1v) is 10.8. The Bertz CT molecular complexity index is 1110. The summed E-state index contributed by atoms with van der Waals surface area (Å²) in [5, 5.41) is 0. The van der Waals surface area contributed by atoms with Crippen LogP contribution in [0.3, 0.4) is 0 Å². The second kappa shape index (κ2) is 13.1. The molecule has 0 unspecified atom stereocenters. The van der Waals surface area contributed by atoms with Crippen LogP contribution < -0.4 is 37.2 Å². The van der Waals surface area contributed by atoms with Gasteiger partial charge in [0.05, 0.1) is 0 Å². The van der Waals surface area contributed by atoms with Crippen molar-refractivity contribution in [3.8, 4) is 0 Å². The first kappa shape index (κ1) is 32.6. The van der Waals surface area contributed by atoms with Crippen molar-refractivity contribution in [2.75, 3.05) is 0 Å². The topological polar surface area (TPSA) is 0 Å². The van der Waals surface area contributed by atoms with E-state index >= 15 is 0 Å². The molecule has 0 spiro atoms. The molecular formula is C30H31Cl3Ti. The Labute approximate surface area is 239 Å². The van der Waals surface area contributed by atoms with Gasteiger partial charge in [-0.3, -0.25) is 0 Å². The molecule has 4 heteroatoms. The number of halogens is 3. The molecule has 0 aliphatic carbocycles. The fourth-order valence-corrected chi connectivity index (χ4v) is 5.14. The molecule has 0 heterocycles. The molecule has 4 rings (SSSR count). The largest absolute Gasteiger partial charge is 4.00 e. The zero-order chi connectivity index (χ0) is 21.5. The van der Waals surface area contributed by atoms with E-state index in [2.05, 4.69) is 120 Å². The molecule has 0 saturated carbocycles. The summed E-state index contributed by atoms with van der Waals surface area (Å²) in [7, 11) is 0. The van der Waals surface area contributed by atoms with Gasteiger partial charge in [0.25, 0.3) is 0 Å². The molecule has 0 saturated heterocycles. The van der Waals surface area contributed by atoms with E-state index in [0.29, 0.717) is 0 Å². The summed E-state index contributed by atoms with van der Waals surface area (Å²) < 4.78 is 0. The Hall–Kier alpha value is -1.41. The van der Waals surface area contributed by atoms with Gasteiger partial charge in [-0.25, -0.2) is 6.07 Å². The summed E-state index contributed by atoms with van der Waals surface area (Å²) in [6.07, 6.45) is 0. The Morgan fingerprint density at radius 3 is 1.15 bits per heavy atom. The van der Waals surface area contributed by atoms with Gasteiger partial charge >= 0.3 is 21.7 Å². The quantitative estimate of drug-likeness (QED) is 0.169. The van der Waals surface area contributed by atoms with Crippen LogP contribution in [0.4, 0.5) is 0 Å². The predicted molar refractivity (Wildman–Crippen MR) is 129 cm³/mol. The van der Waals surface area contributed by atoms with Crippen LogP contribution in [0, 0.1) is 41.5 Å². The van der Waals surface area contributed by atoms with Crippen molar-refractivity contribution in [1.29, 1.82) is 0 Å². The van der Waals surface area contributed by atoms with Crippen LogP contribution in [-0.4, -0.2) is 0 Å². The Kier molecular flexibility index (Phi) is 12.5. The first-order chi connectivity index (χ1) is 14.3. The van der Waals surface area contributed by atoms with Gasteiger partial charge in [0.2, 0.25) is 0 Å². The smallest absolute Gasteiger partial charge is 1.00 e. The minimum Gasteiger partial charge on any atom is -1.00 e. The van der Waals surface area contributed by atoms with Crippen molar-refractivity contribution in [3.63, 3.8) is 0 Å². The summed E-state index contributed by atoms with van der Waals surface area (Å²) in [6, 6.07) is 29.5. The normalized spacial score (nSPS) is 10.3. The minimum atomic E-state index is -0.355. The van der Waals surface area contributed by atoms with Gasteiger partial charge in [-0.15, -0.1) is 5.56 Å². The molecule has 0 amide bonds.